The molecule has 0 saturated heterocycles. The highest BCUT2D eigenvalue weighted by Crippen LogP contribution is 2.33. The number of nitrogens with one attached hydrogen (secondary N) is 1. The molecule has 2 N–H and O–H groups in total. The summed E-state index contributed by atoms with van der Waals surface area (Å²) in [5.41, 5.74) is 0.831. The van der Waals surface area contributed by atoms with E-state index < -0.39 is 11.9 Å². The summed E-state index contributed by atoms with van der Waals surface area (Å²) in [6.07, 6.45) is 0.823. The molecule has 0 spiro atoms. The van der Waals surface area contributed by atoms with Crippen LogP contribution in [0.1, 0.15) is 26.2 Å². The third-order valence-corrected chi connectivity index (χ3v) is 3.04. The van der Waals surface area contributed by atoms with Crippen LogP contribution in [0.4, 0.5) is 0 Å². The Kier molecular flexibility index (Phi) is 2.53. The van der Waals surface area contributed by atoms with E-state index in [1.807, 2.05) is 6.92 Å². The van der Waals surface area contributed by atoms with Gasteiger partial charge in [-0.05, 0) is 12.3 Å². The molecule has 5 nitrogen and oxygen atoms in total. The molecule has 16 heavy (non-hydrogen) atoms. The molecule has 2 rings (SSSR count). The monoisotopic (exact) mass is 223 g/mol. The maximum absolute atomic E-state index is 11.8. The maximum atomic E-state index is 11.8. The number of amides is 1. The van der Waals surface area contributed by atoms with Crippen molar-refractivity contribution in [3.63, 3.8) is 0 Å². The van der Waals surface area contributed by atoms with Crippen molar-refractivity contribution < 1.29 is 19.5 Å². The summed E-state index contributed by atoms with van der Waals surface area (Å²) >= 11 is 0. The number of carbonyl (C=O) groups excluding carboxylic acids is 2. The fraction of sp³-hybridized carbons (Fsp3) is 0.545. The molecule has 0 aromatic rings. The summed E-state index contributed by atoms with van der Waals surface area (Å²) in [7, 11) is 0. The summed E-state index contributed by atoms with van der Waals surface area (Å²) in [5, 5.41) is 11.6. The molecule has 1 aliphatic heterocycles. The third kappa shape index (κ3) is 1.73. The van der Waals surface area contributed by atoms with E-state index in [1.54, 1.807) is 0 Å². The highest BCUT2D eigenvalue weighted by Gasteiger charge is 2.39. The Balaban J connectivity index is 2.43. The lowest BCUT2D eigenvalue weighted by molar-refractivity contribution is -0.144. The predicted octanol–water partition coefficient (Wildman–Crippen LogP) is 0.460. The van der Waals surface area contributed by atoms with Crippen molar-refractivity contribution in [2.24, 2.45) is 11.8 Å². The quantitative estimate of drug-likeness (QED) is 0.676. The highest BCUT2D eigenvalue weighted by atomic mass is 16.4. The number of carbonyl (C=O) groups is 3. The standard InChI is InChI=1S/C11H13NO4/c1-5-2-7-10(8(13)3-5)6(11(15)16)4-9(14)12-7/h5-6H,2-4H2,1H3,(H,12,14)(H,15,16)/t5-,6+/m0/s1. The van der Waals surface area contributed by atoms with E-state index >= 15 is 0 Å². The number of carboxylic acids is 1. The van der Waals surface area contributed by atoms with Gasteiger partial charge in [0, 0.05) is 24.1 Å². The minimum absolute atomic E-state index is 0.131. The zero-order chi connectivity index (χ0) is 11.9. The van der Waals surface area contributed by atoms with Gasteiger partial charge in [0.05, 0.1) is 5.92 Å². The minimum Gasteiger partial charge on any atom is -0.481 e. The molecule has 0 fully saturated rings. The van der Waals surface area contributed by atoms with Gasteiger partial charge < -0.3 is 10.4 Å². The van der Waals surface area contributed by atoms with Gasteiger partial charge in [-0.3, -0.25) is 14.4 Å². The molecular weight excluding hydrogens is 210 g/mol. The number of allylic oxidation sites excluding steroid dienone is 1. The van der Waals surface area contributed by atoms with Crippen LogP contribution in [0.3, 0.4) is 0 Å². The average molecular weight is 223 g/mol. The van der Waals surface area contributed by atoms with E-state index in [9.17, 15) is 14.4 Å². The molecule has 0 unspecified atom stereocenters. The van der Waals surface area contributed by atoms with Crippen LogP contribution in [-0.4, -0.2) is 22.8 Å². The molecule has 0 bridgehead atoms. The Labute approximate surface area is 92.5 Å². The van der Waals surface area contributed by atoms with Gasteiger partial charge in [-0.25, -0.2) is 0 Å². The maximum Gasteiger partial charge on any atom is 0.311 e. The van der Waals surface area contributed by atoms with Crippen LogP contribution in [-0.2, 0) is 14.4 Å². The van der Waals surface area contributed by atoms with E-state index in [1.165, 1.54) is 0 Å². The Morgan fingerprint density at radius 2 is 2.00 bits per heavy atom. The molecule has 1 amide bonds. The van der Waals surface area contributed by atoms with Crippen molar-refractivity contribution in [1.82, 2.24) is 5.32 Å². The second-order valence-electron chi connectivity index (χ2n) is 4.47. The normalized spacial score (nSPS) is 29.8. The number of hydrogen-bond acceptors (Lipinski definition) is 3. The van der Waals surface area contributed by atoms with Crippen LogP contribution >= 0.6 is 0 Å². The molecule has 2 aliphatic rings. The fourth-order valence-electron chi connectivity index (χ4n) is 2.37. The second kappa shape index (κ2) is 3.73. The predicted molar refractivity (Wildman–Crippen MR) is 54.3 cm³/mol. The lowest BCUT2D eigenvalue weighted by Crippen LogP contribution is -2.41. The summed E-state index contributed by atoms with van der Waals surface area (Å²) in [6.45, 7) is 1.91. The van der Waals surface area contributed by atoms with Crippen LogP contribution in [0.2, 0.25) is 0 Å². The van der Waals surface area contributed by atoms with Crippen molar-refractivity contribution in [2.75, 3.05) is 0 Å². The van der Waals surface area contributed by atoms with E-state index in [4.69, 9.17) is 5.11 Å². The molecule has 2 atom stereocenters. The van der Waals surface area contributed by atoms with Crippen molar-refractivity contribution >= 4 is 17.7 Å². The largest absolute Gasteiger partial charge is 0.481 e. The van der Waals surface area contributed by atoms with Crippen molar-refractivity contribution in [3.05, 3.63) is 11.3 Å². The lowest BCUT2D eigenvalue weighted by Gasteiger charge is -2.31. The number of Topliss-reactive ketones (excluding diaryl/α,β-unsaturated/α-hetero) is 1. The van der Waals surface area contributed by atoms with E-state index in [0.717, 1.165) is 0 Å². The van der Waals surface area contributed by atoms with E-state index in [-0.39, 0.29) is 24.0 Å². The number of hydrogen-bond donors (Lipinski definition) is 2. The van der Waals surface area contributed by atoms with Gasteiger partial charge in [0.15, 0.2) is 5.78 Å². The fourth-order valence-corrected chi connectivity index (χ4v) is 2.37. The molecule has 1 aliphatic carbocycles. The van der Waals surface area contributed by atoms with Crippen LogP contribution in [0, 0.1) is 11.8 Å². The van der Waals surface area contributed by atoms with Gasteiger partial charge in [0.2, 0.25) is 5.91 Å². The third-order valence-electron chi connectivity index (χ3n) is 3.04. The molecular formula is C11H13NO4. The Bertz CT molecular complexity index is 410. The Morgan fingerprint density at radius 1 is 1.31 bits per heavy atom. The molecule has 5 heteroatoms. The molecule has 0 radical (unpaired) electrons. The average Bonchev–Trinajstić information content (AvgIpc) is 2.14. The smallest absolute Gasteiger partial charge is 0.311 e. The number of rotatable bonds is 1. The lowest BCUT2D eigenvalue weighted by atomic mass is 9.78. The van der Waals surface area contributed by atoms with Crippen LogP contribution in [0.25, 0.3) is 0 Å². The van der Waals surface area contributed by atoms with Crippen molar-refractivity contribution in [1.29, 1.82) is 0 Å². The van der Waals surface area contributed by atoms with Crippen molar-refractivity contribution in [3.8, 4) is 0 Å². The summed E-state index contributed by atoms with van der Waals surface area (Å²) in [6, 6.07) is 0. The molecule has 0 aromatic carbocycles. The molecule has 0 saturated carbocycles. The van der Waals surface area contributed by atoms with Crippen LogP contribution in [0.15, 0.2) is 11.3 Å². The van der Waals surface area contributed by atoms with Gasteiger partial charge in [-0.15, -0.1) is 0 Å². The minimum atomic E-state index is -1.09. The van der Waals surface area contributed by atoms with Crippen LogP contribution in [0.5, 0.6) is 0 Å². The molecule has 1 heterocycles. The number of ketones is 1. The number of carboxylic acid groups (broad SMARTS) is 1. The van der Waals surface area contributed by atoms with Gasteiger partial charge in [0.1, 0.15) is 0 Å². The SMILES string of the molecule is C[C@@H]1CC(=O)C2=C(C1)NC(=O)C[C@H]2C(=O)O. The van der Waals surface area contributed by atoms with E-state index in [2.05, 4.69) is 5.32 Å². The first kappa shape index (κ1) is 10.9. The molecule has 0 aromatic heterocycles. The summed E-state index contributed by atoms with van der Waals surface area (Å²) in [5.74, 6) is -2.33. The first-order chi connectivity index (χ1) is 7.49. The number of aliphatic carboxylic acids is 1. The highest BCUT2D eigenvalue weighted by molar-refractivity contribution is 6.05. The van der Waals surface area contributed by atoms with E-state index in [0.29, 0.717) is 24.1 Å². The topological polar surface area (TPSA) is 83.5 Å². The summed E-state index contributed by atoms with van der Waals surface area (Å²) < 4.78 is 0. The van der Waals surface area contributed by atoms with Crippen molar-refractivity contribution in [2.45, 2.75) is 26.2 Å². The zero-order valence-corrected chi connectivity index (χ0v) is 8.95. The molecule has 86 valence electrons. The van der Waals surface area contributed by atoms with Gasteiger partial charge >= 0.3 is 5.97 Å². The van der Waals surface area contributed by atoms with Gasteiger partial charge in [-0.2, -0.15) is 0 Å². The first-order valence-corrected chi connectivity index (χ1v) is 5.28. The Morgan fingerprint density at radius 3 is 2.62 bits per heavy atom. The first-order valence-electron chi connectivity index (χ1n) is 5.28. The van der Waals surface area contributed by atoms with Gasteiger partial charge in [-0.1, -0.05) is 6.92 Å². The summed E-state index contributed by atoms with van der Waals surface area (Å²) in [4.78, 5) is 34.1. The second-order valence-corrected chi connectivity index (χ2v) is 4.47. The zero-order valence-electron chi connectivity index (χ0n) is 8.95. The Hall–Kier alpha value is -1.65. The van der Waals surface area contributed by atoms with Gasteiger partial charge in [0.25, 0.3) is 0 Å². The van der Waals surface area contributed by atoms with Crippen LogP contribution < -0.4 is 5.32 Å².